The minimum Gasteiger partial charge on any atom is -0.550 e. The van der Waals surface area contributed by atoms with Gasteiger partial charge in [-0.15, -0.1) is 0 Å². The summed E-state index contributed by atoms with van der Waals surface area (Å²) in [6.45, 7) is 7.79. The maximum atomic E-state index is 10.3. The molecule has 0 aliphatic carbocycles. The molecule has 0 aliphatic rings. The summed E-state index contributed by atoms with van der Waals surface area (Å²) in [7, 11) is 0. The molecule has 0 saturated carbocycles. The fourth-order valence-corrected chi connectivity index (χ4v) is 2.53. The van der Waals surface area contributed by atoms with Gasteiger partial charge in [0.15, 0.2) is 0 Å². The Morgan fingerprint density at radius 1 is 0.704 bits per heavy atom. The van der Waals surface area contributed by atoms with Crippen LogP contribution in [0.5, 0.6) is 0 Å². The quantitative estimate of drug-likeness (QED) is 0.703. The van der Waals surface area contributed by atoms with Gasteiger partial charge >= 0.3 is 37.7 Å². The summed E-state index contributed by atoms with van der Waals surface area (Å²) in [5.41, 5.74) is 4.47. The fraction of sp³-hybridized carbons (Fsp3) is 0.364. The predicted molar refractivity (Wildman–Crippen MR) is 104 cm³/mol. The zero-order valence-corrected chi connectivity index (χ0v) is 18.7. The first-order chi connectivity index (χ1) is 12.2. The molecule has 27 heavy (non-hydrogen) atoms. The van der Waals surface area contributed by atoms with Crippen molar-refractivity contribution in [3.63, 3.8) is 0 Å². The summed E-state index contributed by atoms with van der Waals surface area (Å²) in [5.74, 6) is -1.92. The Bertz CT molecular complexity index is 645. The average molecular weight is 395 g/mol. The molecular weight excluding hydrogens is 368 g/mol. The van der Waals surface area contributed by atoms with Crippen molar-refractivity contribution in [2.45, 2.75) is 52.4 Å². The van der Waals surface area contributed by atoms with Gasteiger partial charge in [-0.25, -0.2) is 0 Å². The Morgan fingerprint density at radius 2 is 0.963 bits per heavy atom. The summed E-state index contributed by atoms with van der Waals surface area (Å²) in [5, 5.41) is 20.7. The van der Waals surface area contributed by atoms with Crippen molar-refractivity contribution in [1.82, 2.24) is 0 Å². The van der Waals surface area contributed by atoms with Crippen molar-refractivity contribution in [2.24, 2.45) is 0 Å². The predicted octanol–water partition coefficient (Wildman–Crippen LogP) is 2.10. The van der Waals surface area contributed by atoms with E-state index in [9.17, 15) is 19.8 Å². The first-order valence-electron chi connectivity index (χ1n) is 8.71. The Morgan fingerprint density at radius 3 is 1.19 bits per heavy atom. The van der Waals surface area contributed by atoms with Crippen LogP contribution in [0.1, 0.15) is 60.8 Å². The van der Waals surface area contributed by atoms with Gasteiger partial charge in [0.25, 0.3) is 0 Å². The SMILES string of the molecule is Cc1ccc(C(C)CC(=O)[O-])cc1.Cc1ccc(C(C)CC(=O)[O-])cc1.[Ca+2]. The van der Waals surface area contributed by atoms with E-state index in [2.05, 4.69) is 0 Å². The van der Waals surface area contributed by atoms with E-state index in [1.807, 2.05) is 76.2 Å². The van der Waals surface area contributed by atoms with Gasteiger partial charge in [-0.05, 0) is 49.7 Å². The van der Waals surface area contributed by atoms with E-state index in [0.29, 0.717) is 0 Å². The molecule has 0 spiro atoms. The number of aliphatic carboxylic acids is 2. The average Bonchev–Trinajstić information content (AvgIpc) is 2.55. The first-order valence-corrected chi connectivity index (χ1v) is 8.71. The largest absolute Gasteiger partial charge is 2.00 e. The molecule has 2 rings (SSSR count). The minimum absolute atomic E-state index is 0. The number of hydrogen-bond acceptors (Lipinski definition) is 4. The number of benzene rings is 2. The molecule has 0 bridgehead atoms. The second-order valence-electron chi connectivity index (χ2n) is 6.78. The van der Waals surface area contributed by atoms with Crippen molar-refractivity contribution in [3.05, 3.63) is 70.8 Å². The van der Waals surface area contributed by atoms with Crippen LogP contribution in [0.15, 0.2) is 48.5 Å². The number of hydrogen-bond donors (Lipinski definition) is 0. The monoisotopic (exact) mass is 394 g/mol. The van der Waals surface area contributed by atoms with Crippen LogP contribution in [-0.2, 0) is 9.59 Å². The van der Waals surface area contributed by atoms with Gasteiger partial charge in [0.2, 0.25) is 0 Å². The summed E-state index contributed by atoms with van der Waals surface area (Å²) < 4.78 is 0. The maximum absolute atomic E-state index is 10.3. The molecule has 2 atom stereocenters. The third kappa shape index (κ3) is 10.5. The molecule has 0 heterocycles. The van der Waals surface area contributed by atoms with Crippen molar-refractivity contribution in [2.75, 3.05) is 0 Å². The molecule has 0 saturated heterocycles. The maximum Gasteiger partial charge on any atom is 2.00 e. The Labute approximate surface area is 191 Å². The van der Waals surface area contributed by atoms with Gasteiger partial charge in [-0.1, -0.05) is 73.5 Å². The molecule has 4 nitrogen and oxygen atoms in total. The second kappa shape index (κ2) is 12.9. The van der Waals surface area contributed by atoms with Crippen LogP contribution in [0.25, 0.3) is 0 Å². The van der Waals surface area contributed by atoms with Crippen LogP contribution in [0, 0.1) is 13.8 Å². The summed E-state index contributed by atoms with van der Waals surface area (Å²) in [4.78, 5) is 20.7. The molecule has 0 N–H and O–H groups in total. The van der Waals surface area contributed by atoms with Crippen LogP contribution < -0.4 is 10.2 Å². The summed E-state index contributed by atoms with van der Waals surface area (Å²) in [6, 6.07) is 15.8. The Balaban J connectivity index is 0.000000483. The first kappa shape index (κ1) is 25.6. The Hall–Kier alpha value is -1.36. The molecule has 0 aliphatic heterocycles. The Kier molecular flexibility index (Phi) is 12.3. The van der Waals surface area contributed by atoms with E-state index in [1.165, 1.54) is 11.1 Å². The van der Waals surface area contributed by atoms with Gasteiger partial charge in [0.1, 0.15) is 0 Å². The molecule has 0 radical (unpaired) electrons. The van der Waals surface area contributed by atoms with Crippen molar-refractivity contribution >= 4 is 49.7 Å². The smallest absolute Gasteiger partial charge is 0.550 e. The van der Waals surface area contributed by atoms with Gasteiger partial charge in [0, 0.05) is 11.9 Å². The number of carboxylic acid groups (broad SMARTS) is 2. The molecule has 2 aromatic carbocycles. The molecule has 140 valence electrons. The van der Waals surface area contributed by atoms with Crippen LogP contribution in [0.2, 0.25) is 0 Å². The molecule has 2 aromatic rings. The van der Waals surface area contributed by atoms with Gasteiger partial charge in [0.05, 0.1) is 0 Å². The number of carboxylic acids is 2. The van der Waals surface area contributed by atoms with Crippen LogP contribution in [0.4, 0.5) is 0 Å². The number of aryl methyl sites for hydroxylation is 2. The van der Waals surface area contributed by atoms with E-state index >= 15 is 0 Å². The van der Waals surface area contributed by atoms with Gasteiger partial charge in [-0.2, -0.15) is 0 Å². The van der Waals surface area contributed by atoms with Crippen molar-refractivity contribution in [1.29, 1.82) is 0 Å². The number of rotatable bonds is 6. The molecule has 0 fully saturated rings. The van der Waals surface area contributed by atoms with Gasteiger partial charge < -0.3 is 19.8 Å². The molecular formula is C22H26CaO4. The fourth-order valence-electron chi connectivity index (χ4n) is 2.53. The number of carbonyl (C=O) groups excluding carboxylic acids is 2. The van der Waals surface area contributed by atoms with E-state index in [0.717, 1.165) is 11.1 Å². The van der Waals surface area contributed by atoms with Crippen LogP contribution in [-0.4, -0.2) is 49.7 Å². The van der Waals surface area contributed by atoms with Crippen molar-refractivity contribution < 1.29 is 19.8 Å². The molecule has 0 amide bonds. The molecule has 0 aromatic heterocycles. The van der Waals surface area contributed by atoms with Crippen LogP contribution >= 0.6 is 0 Å². The minimum atomic E-state index is -0.993. The third-order valence-corrected chi connectivity index (χ3v) is 4.24. The number of carbonyl (C=O) groups is 2. The second-order valence-corrected chi connectivity index (χ2v) is 6.78. The standard InChI is InChI=1S/2C11H14O2.Ca/c2*1-8-3-5-10(6-4-8)9(2)7-11(12)13;/h2*3-6,9H,7H2,1-2H3,(H,12,13);/q;;+2/p-2. The van der Waals surface area contributed by atoms with E-state index in [1.54, 1.807) is 0 Å². The zero-order chi connectivity index (χ0) is 19.7. The third-order valence-electron chi connectivity index (χ3n) is 4.24. The zero-order valence-electron chi connectivity index (χ0n) is 16.5. The van der Waals surface area contributed by atoms with Crippen molar-refractivity contribution in [3.8, 4) is 0 Å². The van der Waals surface area contributed by atoms with E-state index < -0.39 is 11.9 Å². The van der Waals surface area contributed by atoms with E-state index in [4.69, 9.17) is 0 Å². The summed E-state index contributed by atoms with van der Waals surface area (Å²) >= 11 is 0. The topological polar surface area (TPSA) is 80.3 Å². The summed E-state index contributed by atoms with van der Waals surface area (Å²) in [6.07, 6.45) is 0.173. The van der Waals surface area contributed by atoms with Crippen LogP contribution in [0.3, 0.4) is 0 Å². The molecule has 2 unspecified atom stereocenters. The van der Waals surface area contributed by atoms with Gasteiger partial charge in [-0.3, -0.25) is 0 Å². The normalized spacial score (nSPS) is 12.0. The molecule has 5 heteroatoms. The van der Waals surface area contributed by atoms with E-state index in [-0.39, 0.29) is 62.4 Å².